The van der Waals surface area contributed by atoms with Crippen LogP contribution in [0.4, 0.5) is 0 Å². The van der Waals surface area contributed by atoms with E-state index < -0.39 is 0 Å². The lowest BCUT2D eigenvalue weighted by Crippen LogP contribution is -1.90. The van der Waals surface area contributed by atoms with Crippen molar-refractivity contribution in [2.75, 3.05) is 0 Å². The van der Waals surface area contributed by atoms with E-state index >= 15 is 0 Å². The molecule has 0 fully saturated rings. The highest BCUT2D eigenvalue weighted by Gasteiger charge is 2.17. The van der Waals surface area contributed by atoms with Crippen LogP contribution in [0.5, 0.6) is 0 Å². The van der Waals surface area contributed by atoms with E-state index in [1.807, 2.05) is 19.2 Å². The number of aromatic amines is 2. The Balaban J connectivity index is 2.07. The fourth-order valence-electron chi connectivity index (χ4n) is 3.27. The van der Waals surface area contributed by atoms with E-state index in [1.54, 1.807) is 6.20 Å². The summed E-state index contributed by atoms with van der Waals surface area (Å²) in [5.41, 5.74) is 8.24. The van der Waals surface area contributed by atoms with Gasteiger partial charge in [0.1, 0.15) is 5.76 Å². The molecule has 6 heteroatoms. The summed E-state index contributed by atoms with van der Waals surface area (Å²) in [6, 6.07) is 6.26. The first-order valence-corrected chi connectivity index (χ1v) is 8.62. The number of pyridine rings is 1. The maximum absolute atomic E-state index is 5.48. The van der Waals surface area contributed by atoms with Gasteiger partial charge < -0.3 is 14.5 Å². The molecule has 4 aromatic rings. The number of H-pyrrole nitrogens is 2. The van der Waals surface area contributed by atoms with Gasteiger partial charge in [0.15, 0.2) is 4.77 Å². The van der Waals surface area contributed by atoms with E-state index in [1.165, 1.54) is 0 Å². The Bertz CT molecular complexity index is 1140. The van der Waals surface area contributed by atoms with Crippen LogP contribution >= 0.6 is 12.2 Å². The van der Waals surface area contributed by atoms with E-state index in [4.69, 9.17) is 16.7 Å². The van der Waals surface area contributed by atoms with Crippen LogP contribution in [0.25, 0.3) is 33.3 Å². The zero-order valence-corrected chi connectivity index (χ0v) is 15.1. The lowest BCUT2D eigenvalue weighted by molar-refractivity contribution is 0.383. The molecule has 0 aliphatic rings. The Morgan fingerprint density at radius 1 is 1.16 bits per heavy atom. The minimum absolute atomic E-state index is 0.604. The first-order valence-electron chi connectivity index (χ1n) is 8.21. The van der Waals surface area contributed by atoms with Crippen LogP contribution in [0, 0.1) is 18.6 Å². The Morgan fingerprint density at radius 2 is 2.00 bits per heavy atom. The molecule has 0 amide bonds. The van der Waals surface area contributed by atoms with Gasteiger partial charge in [-0.2, -0.15) is 0 Å². The van der Waals surface area contributed by atoms with Crippen molar-refractivity contribution >= 4 is 23.3 Å². The van der Waals surface area contributed by atoms with Crippen molar-refractivity contribution in [3.63, 3.8) is 0 Å². The maximum atomic E-state index is 5.48. The highest BCUT2D eigenvalue weighted by atomic mass is 32.1. The molecule has 0 radical (unpaired) electrons. The monoisotopic (exact) mass is 350 g/mol. The molecule has 5 nitrogen and oxygen atoms in total. The standard InChI is InChI=1S/C19H18N4OS/c1-4-16-17(11(3)23-24-16)12-7-13(14-9-20-6-5-10(14)2)18-15(8-12)21-19(25)22-18/h5-9H,4H2,1-3H3,(H2,21,22,25). The Labute approximate surface area is 150 Å². The molecule has 0 aliphatic carbocycles. The van der Waals surface area contributed by atoms with Crippen LogP contribution < -0.4 is 0 Å². The average molecular weight is 350 g/mol. The molecule has 2 N–H and O–H groups in total. The molecule has 3 heterocycles. The number of hydrogen-bond acceptors (Lipinski definition) is 4. The molecular formula is C19H18N4OS. The fourth-order valence-corrected chi connectivity index (χ4v) is 3.49. The van der Waals surface area contributed by atoms with Gasteiger partial charge >= 0.3 is 0 Å². The Kier molecular flexibility index (Phi) is 3.77. The molecule has 0 spiro atoms. The van der Waals surface area contributed by atoms with Gasteiger partial charge in [0.2, 0.25) is 0 Å². The number of aromatic nitrogens is 4. The number of imidazole rings is 1. The number of nitrogens with zero attached hydrogens (tertiary/aromatic N) is 2. The van der Waals surface area contributed by atoms with E-state index in [2.05, 4.69) is 46.1 Å². The summed E-state index contributed by atoms with van der Waals surface area (Å²) in [5.74, 6) is 0.889. The lowest BCUT2D eigenvalue weighted by atomic mass is 9.95. The first kappa shape index (κ1) is 15.8. The lowest BCUT2D eigenvalue weighted by Gasteiger charge is -2.10. The van der Waals surface area contributed by atoms with E-state index in [-0.39, 0.29) is 0 Å². The normalized spacial score (nSPS) is 11.3. The molecule has 0 saturated heterocycles. The van der Waals surface area contributed by atoms with Crippen molar-refractivity contribution in [1.29, 1.82) is 0 Å². The topological polar surface area (TPSA) is 70.5 Å². The second kappa shape index (κ2) is 5.97. The fraction of sp³-hybridized carbons (Fsp3) is 0.211. The molecule has 4 rings (SSSR count). The van der Waals surface area contributed by atoms with Gasteiger partial charge in [0.05, 0.1) is 16.7 Å². The Hall–Kier alpha value is -2.73. The summed E-state index contributed by atoms with van der Waals surface area (Å²) in [4.78, 5) is 10.8. The van der Waals surface area contributed by atoms with Gasteiger partial charge in [0.25, 0.3) is 0 Å². The molecule has 0 unspecified atom stereocenters. The SMILES string of the molecule is CCc1onc(C)c1-c1cc(-c2cnccc2C)c2[nH]c(=S)[nH]c2c1. The van der Waals surface area contributed by atoms with Gasteiger partial charge in [-0.25, -0.2) is 0 Å². The van der Waals surface area contributed by atoms with Crippen molar-refractivity contribution in [1.82, 2.24) is 20.1 Å². The minimum Gasteiger partial charge on any atom is -0.360 e. The quantitative estimate of drug-likeness (QED) is 0.503. The maximum Gasteiger partial charge on any atom is 0.175 e. The van der Waals surface area contributed by atoms with Gasteiger partial charge in [-0.15, -0.1) is 0 Å². The number of benzene rings is 1. The zero-order valence-electron chi connectivity index (χ0n) is 14.3. The van der Waals surface area contributed by atoms with Crippen molar-refractivity contribution in [3.05, 3.63) is 52.4 Å². The summed E-state index contributed by atoms with van der Waals surface area (Å²) in [6.45, 7) is 6.12. The van der Waals surface area contributed by atoms with Crippen molar-refractivity contribution in [2.24, 2.45) is 0 Å². The molecule has 0 atom stereocenters. The summed E-state index contributed by atoms with van der Waals surface area (Å²) < 4.78 is 6.09. The highest BCUT2D eigenvalue weighted by Crippen LogP contribution is 2.36. The van der Waals surface area contributed by atoms with E-state index in [0.717, 1.165) is 56.7 Å². The van der Waals surface area contributed by atoms with E-state index in [0.29, 0.717) is 4.77 Å². The molecule has 126 valence electrons. The molecule has 3 aromatic heterocycles. The second-order valence-corrected chi connectivity index (χ2v) is 6.54. The number of rotatable bonds is 3. The zero-order chi connectivity index (χ0) is 17.6. The predicted molar refractivity (Wildman–Crippen MR) is 101 cm³/mol. The smallest absolute Gasteiger partial charge is 0.175 e. The minimum atomic E-state index is 0.604. The number of fused-ring (bicyclic) bond motifs is 1. The third-order valence-electron chi connectivity index (χ3n) is 4.50. The van der Waals surface area contributed by atoms with Crippen molar-refractivity contribution in [3.8, 4) is 22.3 Å². The molecular weight excluding hydrogens is 332 g/mol. The van der Waals surface area contributed by atoms with Crippen LogP contribution in [0.2, 0.25) is 0 Å². The van der Waals surface area contributed by atoms with Crippen LogP contribution in [0.1, 0.15) is 23.9 Å². The summed E-state index contributed by atoms with van der Waals surface area (Å²) in [6.07, 6.45) is 4.48. The molecule has 1 aromatic carbocycles. The van der Waals surface area contributed by atoms with Crippen LogP contribution in [-0.4, -0.2) is 20.1 Å². The van der Waals surface area contributed by atoms with E-state index in [9.17, 15) is 0 Å². The summed E-state index contributed by atoms with van der Waals surface area (Å²) in [5, 5.41) is 4.14. The molecule has 0 saturated carbocycles. The van der Waals surface area contributed by atoms with Gasteiger partial charge in [0, 0.05) is 35.5 Å². The van der Waals surface area contributed by atoms with Gasteiger partial charge in [-0.05, 0) is 55.4 Å². The first-order chi connectivity index (χ1) is 12.1. The highest BCUT2D eigenvalue weighted by molar-refractivity contribution is 7.71. The van der Waals surface area contributed by atoms with Crippen LogP contribution in [-0.2, 0) is 6.42 Å². The third-order valence-corrected chi connectivity index (χ3v) is 4.70. The Morgan fingerprint density at radius 3 is 2.76 bits per heavy atom. The summed E-state index contributed by atoms with van der Waals surface area (Å²) >= 11 is 5.32. The van der Waals surface area contributed by atoms with Crippen molar-refractivity contribution in [2.45, 2.75) is 27.2 Å². The number of aryl methyl sites for hydroxylation is 3. The molecule has 0 aliphatic heterocycles. The number of hydrogen-bond donors (Lipinski definition) is 2. The largest absolute Gasteiger partial charge is 0.360 e. The summed E-state index contributed by atoms with van der Waals surface area (Å²) in [7, 11) is 0. The molecule has 25 heavy (non-hydrogen) atoms. The second-order valence-electron chi connectivity index (χ2n) is 6.14. The average Bonchev–Trinajstić information content (AvgIpc) is 3.15. The molecule has 0 bridgehead atoms. The third kappa shape index (κ3) is 2.59. The predicted octanol–water partition coefficient (Wildman–Crippen LogP) is 5.12. The van der Waals surface area contributed by atoms with Crippen LogP contribution in [0.15, 0.2) is 35.1 Å². The van der Waals surface area contributed by atoms with Crippen LogP contribution in [0.3, 0.4) is 0 Å². The van der Waals surface area contributed by atoms with Gasteiger partial charge in [-0.1, -0.05) is 12.1 Å². The van der Waals surface area contributed by atoms with Gasteiger partial charge in [-0.3, -0.25) is 4.98 Å². The number of nitrogens with one attached hydrogen (secondary N) is 2. The van der Waals surface area contributed by atoms with Crippen molar-refractivity contribution < 1.29 is 4.52 Å².